The number of ether oxygens (including phenoxy) is 1. The Kier molecular flexibility index (Phi) is 8.16. The number of fused-ring (bicyclic) bond motifs is 2. The molecule has 2 aromatic carbocycles. The maximum atomic E-state index is 14.0. The minimum absolute atomic E-state index is 0.0420. The van der Waals surface area contributed by atoms with Gasteiger partial charge in [0.05, 0.1) is 28.9 Å². The fourth-order valence-electron chi connectivity index (χ4n) is 5.36. The predicted molar refractivity (Wildman–Crippen MR) is 168 cm³/mol. The number of esters is 1. The van der Waals surface area contributed by atoms with Crippen molar-refractivity contribution < 1.29 is 14.3 Å². The number of hydrogen-bond donors (Lipinski definition) is 1. The van der Waals surface area contributed by atoms with Crippen molar-refractivity contribution in [1.29, 1.82) is 0 Å². The van der Waals surface area contributed by atoms with Gasteiger partial charge in [0.15, 0.2) is 0 Å². The Bertz CT molecular complexity index is 1580. The quantitative estimate of drug-likeness (QED) is 0.219. The van der Waals surface area contributed by atoms with E-state index < -0.39 is 0 Å². The summed E-state index contributed by atoms with van der Waals surface area (Å²) in [5, 5.41) is 4.42. The number of nitrogens with zero attached hydrogens (tertiary/aromatic N) is 1. The largest absolute Gasteiger partial charge is 0.462 e. The summed E-state index contributed by atoms with van der Waals surface area (Å²) in [4.78, 5) is 33.1. The minimum atomic E-state index is -0.368. The molecule has 0 bridgehead atoms. The normalized spacial score (nSPS) is 15.1. The van der Waals surface area contributed by atoms with Gasteiger partial charge in [-0.1, -0.05) is 74.3 Å². The van der Waals surface area contributed by atoms with Crippen LogP contribution in [-0.2, 0) is 23.0 Å². The number of anilines is 1. The first kappa shape index (κ1) is 28.5. The van der Waals surface area contributed by atoms with Crippen LogP contribution in [0.25, 0.3) is 22.2 Å². The molecular formula is C33H35BrN2O3S. The number of carbonyl (C=O) groups is 2. The molecule has 5 rings (SSSR count). The van der Waals surface area contributed by atoms with Crippen LogP contribution < -0.4 is 5.32 Å². The molecule has 4 aromatic rings. The van der Waals surface area contributed by atoms with Crippen LogP contribution in [0.2, 0.25) is 0 Å². The number of nitrogens with one attached hydrogen (secondary N) is 1. The summed E-state index contributed by atoms with van der Waals surface area (Å²) in [6.45, 7) is 10.9. The van der Waals surface area contributed by atoms with Crippen LogP contribution in [-0.4, -0.2) is 23.5 Å². The lowest BCUT2D eigenvalue weighted by Crippen LogP contribution is -2.17. The van der Waals surface area contributed by atoms with E-state index in [0.29, 0.717) is 22.0 Å². The molecule has 208 valence electrons. The van der Waals surface area contributed by atoms with Crippen molar-refractivity contribution in [2.75, 3.05) is 11.9 Å². The Morgan fingerprint density at radius 2 is 1.85 bits per heavy atom. The van der Waals surface area contributed by atoms with E-state index >= 15 is 0 Å². The molecule has 5 nitrogen and oxygen atoms in total. The average Bonchev–Trinajstić information content (AvgIpc) is 3.29. The first-order chi connectivity index (χ1) is 19.1. The van der Waals surface area contributed by atoms with E-state index in [-0.39, 0.29) is 23.9 Å². The van der Waals surface area contributed by atoms with E-state index in [9.17, 15) is 9.59 Å². The number of pyridine rings is 1. The molecule has 0 saturated carbocycles. The Morgan fingerprint density at radius 1 is 1.10 bits per heavy atom. The molecule has 1 atom stereocenters. The van der Waals surface area contributed by atoms with Crippen LogP contribution in [0.1, 0.15) is 84.2 Å². The van der Waals surface area contributed by atoms with E-state index in [1.807, 2.05) is 24.3 Å². The van der Waals surface area contributed by atoms with Crippen molar-refractivity contribution >= 4 is 55.0 Å². The number of aromatic nitrogens is 1. The van der Waals surface area contributed by atoms with E-state index in [2.05, 4.69) is 73.2 Å². The SMILES string of the molecule is CCOC(=O)c1c(NC(=O)c2cc(-c3ccc(C(C)(C)C)cc3)nc3ccc(Br)cc23)sc2c1CC[C@H](CC)C2. The summed E-state index contributed by atoms with van der Waals surface area (Å²) >= 11 is 5.07. The lowest BCUT2D eigenvalue weighted by Gasteiger charge is -2.20. The van der Waals surface area contributed by atoms with Crippen molar-refractivity contribution in [3.05, 3.63) is 80.1 Å². The Balaban J connectivity index is 1.57. The summed E-state index contributed by atoms with van der Waals surface area (Å²) < 4.78 is 6.29. The topological polar surface area (TPSA) is 68.3 Å². The second-order valence-electron chi connectivity index (χ2n) is 11.4. The summed E-state index contributed by atoms with van der Waals surface area (Å²) in [6.07, 6.45) is 3.90. The van der Waals surface area contributed by atoms with Gasteiger partial charge in [-0.3, -0.25) is 4.79 Å². The van der Waals surface area contributed by atoms with Gasteiger partial charge in [0.25, 0.3) is 5.91 Å². The third-order valence-electron chi connectivity index (χ3n) is 7.71. The highest BCUT2D eigenvalue weighted by Crippen LogP contribution is 2.41. The Hall–Kier alpha value is -3.03. The second kappa shape index (κ2) is 11.5. The molecular weight excluding hydrogens is 584 g/mol. The van der Waals surface area contributed by atoms with Crippen LogP contribution in [0.15, 0.2) is 53.0 Å². The van der Waals surface area contributed by atoms with Gasteiger partial charge in [0.1, 0.15) is 5.00 Å². The lowest BCUT2D eigenvalue weighted by atomic mass is 9.85. The highest BCUT2D eigenvalue weighted by molar-refractivity contribution is 9.10. The van der Waals surface area contributed by atoms with Crippen molar-refractivity contribution in [1.82, 2.24) is 4.98 Å². The molecule has 2 aromatic heterocycles. The van der Waals surface area contributed by atoms with Crippen LogP contribution in [0.5, 0.6) is 0 Å². The molecule has 1 aliphatic carbocycles. The van der Waals surface area contributed by atoms with Gasteiger partial charge in [-0.05, 0) is 72.9 Å². The average molecular weight is 620 g/mol. The molecule has 40 heavy (non-hydrogen) atoms. The van der Waals surface area contributed by atoms with E-state index in [0.717, 1.165) is 57.9 Å². The zero-order valence-electron chi connectivity index (χ0n) is 23.7. The molecule has 1 aliphatic rings. The van der Waals surface area contributed by atoms with Gasteiger partial charge in [-0.25, -0.2) is 9.78 Å². The highest BCUT2D eigenvalue weighted by atomic mass is 79.9. The number of amides is 1. The Labute approximate surface area is 248 Å². The van der Waals surface area contributed by atoms with Gasteiger partial charge < -0.3 is 10.1 Å². The zero-order chi connectivity index (χ0) is 28.6. The molecule has 0 spiro atoms. The number of rotatable bonds is 6. The van der Waals surface area contributed by atoms with Crippen molar-refractivity contribution in [3.63, 3.8) is 0 Å². The molecule has 0 radical (unpaired) electrons. The predicted octanol–water partition coefficient (Wildman–Crippen LogP) is 8.97. The van der Waals surface area contributed by atoms with Gasteiger partial charge in [0, 0.05) is 20.3 Å². The molecule has 0 saturated heterocycles. The fraction of sp³-hybridized carbons (Fsp3) is 0.364. The fourth-order valence-corrected chi connectivity index (χ4v) is 7.06. The van der Waals surface area contributed by atoms with Crippen LogP contribution in [0.4, 0.5) is 5.00 Å². The standard InChI is InChI=1S/C33H35BrN2O3S/c1-6-19-8-14-23-28(16-19)40-31(29(23)32(38)39-7-2)36-30(37)25-18-27(35-26-15-13-22(34)17-24(25)26)20-9-11-21(12-10-20)33(3,4)5/h9-13,15,17-19H,6-8,14,16H2,1-5H3,(H,36,37)/t19-/m0/s1. The molecule has 7 heteroatoms. The molecule has 2 heterocycles. The van der Waals surface area contributed by atoms with Crippen molar-refractivity contribution in [2.45, 2.75) is 65.7 Å². The summed E-state index contributed by atoms with van der Waals surface area (Å²) in [5.74, 6) is -0.0417. The molecule has 0 aliphatic heterocycles. The summed E-state index contributed by atoms with van der Waals surface area (Å²) in [6, 6.07) is 16.0. The monoisotopic (exact) mass is 618 g/mol. The van der Waals surface area contributed by atoms with Gasteiger partial charge >= 0.3 is 5.97 Å². The van der Waals surface area contributed by atoms with Crippen LogP contribution >= 0.6 is 27.3 Å². The second-order valence-corrected chi connectivity index (χ2v) is 13.5. The third-order valence-corrected chi connectivity index (χ3v) is 9.38. The zero-order valence-corrected chi connectivity index (χ0v) is 26.1. The maximum Gasteiger partial charge on any atom is 0.341 e. The first-order valence-corrected chi connectivity index (χ1v) is 15.5. The summed E-state index contributed by atoms with van der Waals surface area (Å²) in [7, 11) is 0. The van der Waals surface area contributed by atoms with Gasteiger partial charge in [-0.15, -0.1) is 11.3 Å². The van der Waals surface area contributed by atoms with E-state index in [1.165, 1.54) is 21.8 Å². The number of halogens is 1. The molecule has 1 amide bonds. The smallest absolute Gasteiger partial charge is 0.341 e. The van der Waals surface area contributed by atoms with Crippen LogP contribution in [0.3, 0.4) is 0 Å². The first-order valence-electron chi connectivity index (χ1n) is 13.9. The van der Waals surface area contributed by atoms with Gasteiger partial charge in [0.2, 0.25) is 0 Å². The molecule has 0 fully saturated rings. The third kappa shape index (κ3) is 5.72. The number of carbonyl (C=O) groups excluding carboxylic acids is 2. The molecule has 1 N–H and O–H groups in total. The lowest BCUT2D eigenvalue weighted by molar-refractivity contribution is 0.0526. The van der Waals surface area contributed by atoms with Crippen LogP contribution in [0, 0.1) is 5.92 Å². The van der Waals surface area contributed by atoms with Crippen molar-refractivity contribution in [2.24, 2.45) is 5.92 Å². The number of thiophene rings is 1. The molecule has 0 unspecified atom stereocenters. The maximum absolute atomic E-state index is 14.0. The number of hydrogen-bond acceptors (Lipinski definition) is 5. The van der Waals surface area contributed by atoms with E-state index in [1.54, 1.807) is 6.92 Å². The highest BCUT2D eigenvalue weighted by Gasteiger charge is 2.30. The summed E-state index contributed by atoms with van der Waals surface area (Å²) in [5.41, 5.74) is 5.73. The van der Waals surface area contributed by atoms with Crippen molar-refractivity contribution in [3.8, 4) is 11.3 Å². The number of benzene rings is 2. The minimum Gasteiger partial charge on any atom is -0.462 e. The van der Waals surface area contributed by atoms with Gasteiger partial charge in [-0.2, -0.15) is 0 Å². The van der Waals surface area contributed by atoms with E-state index in [4.69, 9.17) is 9.72 Å². The Morgan fingerprint density at radius 3 is 2.52 bits per heavy atom.